The van der Waals surface area contributed by atoms with Gasteiger partial charge in [0.1, 0.15) is 27.9 Å². The summed E-state index contributed by atoms with van der Waals surface area (Å²) in [6.45, 7) is 0. The fourth-order valence-electron chi connectivity index (χ4n) is 8.66. The van der Waals surface area contributed by atoms with Crippen molar-refractivity contribution < 1.29 is 13.3 Å². The Kier molecular flexibility index (Phi) is 6.60. The molecular formula is C52H31NO3. The topological polar surface area (TPSA) is 42.7 Å². The standard InChI is InChI=1S/C52H31NO3/c1-2-12-36-33(11-1)25-29-43-42-17-9-16-40(51(42)56-50(36)43)37-13-3-6-19-45(37)53(46-20-10-18-41-38-14-4-8-22-48(38)55-52(41)46)35-27-23-32(24-28-35)34-26-30-49-44(31-34)39-15-5-7-21-47(39)54-49/h1-31H. The summed E-state index contributed by atoms with van der Waals surface area (Å²) in [4.78, 5) is 2.33. The zero-order valence-electron chi connectivity index (χ0n) is 30.1. The molecule has 9 aromatic carbocycles. The van der Waals surface area contributed by atoms with Gasteiger partial charge in [0, 0.05) is 54.5 Å². The number of para-hydroxylation sites is 5. The summed E-state index contributed by atoms with van der Waals surface area (Å²) in [5.41, 5.74) is 12.6. The van der Waals surface area contributed by atoms with Gasteiger partial charge < -0.3 is 18.2 Å². The van der Waals surface area contributed by atoms with E-state index in [2.05, 4.69) is 169 Å². The van der Waals surface area contributed by atoms with Gasteiger partial charge in [-0.15, -0.1) is 0 Å². The Bertz CT molecular complexity index is 3490. The van der Waals surface area contributed by atoms with Crippen molar-refractivity contribution in [2.24, 2.45) is 0 Å². The third-order valence-corrected chi connectivity index (χ3v) is 11.3. The van der Waals surface area contributed by atoms with E-state index in [9.17, 15) is 0 Å². The summed E-state index contributed by atoms with van der Waals surface area (Å²) in [7, 11) is 0. The largest absolute Gasteiger partial charge is 0.456 e. The number of anilines is 3. The van der Waals surface area contributed by atoms with Crippen molar-refractivity contribution in [2.45, 2.75) is 0 Å². The average Bonchev–Trinajstić information content (AvgIpc) is 3.96. The van der Waals surface area contributed by atoms with Gasteiger partial charge in [-0.2, -0.15) is 0 Å². The first-order valence-corrected chi connectivity index (χ1v) is 18.9. The molecule has 12 rings (SSSR count). The molecule has 0 N–H and O–H groups in total. The maximum Gasteiger partial charge on any atom is 0.159 e. The molecule has 0 saturated heterocycles. The minimum absolute atomic E-state index is 0.832. The number of nitrogens with zero attached hydrogens (tertiary/aromatic N) is 1. The van der Waals surface area contributed by atoms with Crippen molar-refractivity contribution in [1.29, 1.82) is 0 Å². The van der Waals surface area contributed by atoms with Gasteiger partial charge in [-0.25, -0.2) is 0 Å². The molecule has 0 saturated carbocycles. The van der Waals surface area contributed by atoms with Crippen LogP contribution in [0.25, 0.3) is 98.8 Å². The van der Waals surface area contributed by atoms with Crippen LogP contribution in [-0.4, -0.2) is 0 Å². The maximum atomic E-state index is 6.88. The number of fused-ring (bicyclic) bond motifs is 11. The second kappa shape index (κ2) is 12.0. The highest BCUT2D eigenvalue weighted by Gasteiger charge is 2.24. The Hall–Kier alpha value is -7.56. The van der Waals surface area contributed by atoms with Crippen LogP contribution in [-0.2, 0) is 0 Å². The highest BCUT2D eigenvalue weighted by atomic mass is 16.3. The van der Waals surface area contributed by atoms with Crippen LogP contribution in [0.5, 0.6) is 0 Å². The smallest absolute Gasteiger partial charge is 0.159 e. The maximum absolute atomic E-state index is 6.88. The van der Waals surface area contributed by atoms with Gasteiger partial charge in [-0.05, 0) is 71.1 Å². The van der Waals surface area contributed by atoms with E-state index in [0.717, 1.165) is 116 Å². The van der Waals surface area contributed by atoms with Crippen molar-refractivity contribution in [3.05, 3.63) is 188 Å². The van der Waals surface area contributed by atoms with Crippen LogP contribution in [0.4, 0.5) is 17.1 Å². The van der Waals surface area contributed by atoms with Crippen LogP contribution >= 0.6 is 0 Å². The van der Waals surface area contributed by atoms with Crippen molar-refractivity contribution in [3.8, 4) is 22.3 Å². The molecule has 3 heterocycles. The molecule has 0 unspecified atom stereocenters. The third-order valence-electron chi connectivity index (χ3n) is 11.3. The van der Waals surface area contributed by atoms with Crippen LogP contribution in [0.2, 0.25) is 0 Å². The van der Waals surface area contributed by atoms with Crippen LogP contribution in [0.1, 0.15) is 0 Å². The lowest BCUT2D eigenvalue weighted by molar-refractivity contribution is 0.668. The van der Waals surface area contributed by atoms with E-state index in [0.29, 0.717) is 0 Å². The van der Waals surface area contributed by atoms with Gasteiger partial charge in [-0.3, -0.25) is 0 Å². The summed E-state index contributed by atoms with van der Waals surface area (Å²) in [5.74, 6) is 0. The van der Waals surface area contributed by atoms with E-state index in [-0.39, 0.29) is 0 Å². The first-order chi connectivity index (χ1) is 27.8. The van der Waals surface area contributed by atoms with E-state index in [1.165, 1.54) is 0 Å². The molecule has 0 aliphatic heterocycles. The molecule has 56 heavy (non-hydrogen) atoms. The summed E-state index contributed by atoms with van der Waals surface area (Å²) in [6, 6.07) is 66.0. The molecule has 4 nitrogen and oxygen atoms in total. The second-order valence-corrected chi connectivity index (χ2v) is 14.4. The fraction of sp³-hybridized carbons (Fsp3) is 0. The Morgan fingerprint density at radius 2 is 0.893 bits per heavy atom. The molecular weight excluding hydrogens is 687 g/mol. The summed E-state index contributed by atoms with van der Waals surface area (Å²) >= 11 is 0. The quantitative estimate of drug-likeness (QED) is 0.178. The van der Waals surface area contributed by atoms with Gasteiger partial charge in [-0.1, -0.05) is 133 Å². The lowest BCUT2D eigenvalue weighted by Gasteiger charge is -2.28. The second-order valence-electron chi connectivity index (χ2n) is 14.4. The highest BCUT2D eigenvalue weighted by molar-refractivity contribution is 6.18. The molecule has 0 atom stereocenters. The summed E-state index contributed by atoms with van der Waals surface area (Å²) in [6.07, 6.45) is 0. The summed E-state index contributed by atoms with van der Waals surface area (Å²) in [5, 5.41) is 8.87. The molecule has 3 aromatic heterocycles. The SMILES string of the molecule is c1ccc(N(c2ccc(-c3ccc4oc5ccccc5c4c3)cc2)c2cccc3c2oc2ccccc23)c(-c2cccc3c2oc2c4ccccc4ccc32)c1. The molecule has 262 valence electrons. The van der Waals surface area contributed by atoms with Gasteiger partial charge in [0.15, 0.2) is 5.58 Å². The zero-order valence-corrected chi connectivity index (χ0v) is 30.1. The minimum Gasteiger partial charge on any atom is -0.456 e. The van der Waals surface area contributed by atoms with Gasteiger partial charge in [0.25, 0.3) is 0 Å². The molecule has 0 bridgehead atoms. The third kappa shape index (κ3) is 4.60. The van der Waals surface area contributed by atoms with E-state index in [1.54, 1.807) is 0 Å². The van der Waals surface area contributed by atoms with Gasteiger partial charge >= 0.3 is 0 Å². The monoisotopic (exact) mass is 717 g/mol. The molecule has 0 aliphatic rings. The minimum atomic E-state index is 0.832. The molecule has 0 fully saturated rings. The normalized spacial score (nSPS) is 11.9. The number of furan rings is 3. The molecule has 0 aliphatic carbocycles. The van der Waals surface area contributed by atoms with Crippen molar-refractivity contribution in [3.63, 3.8) is 0 Å². The van der Waals surface area contributed by atoms with Crippen molar-refractivity contribution in [2.75, 3.05) is 4.90 Å². The molecule has 12 aromatic rings. The van der Waals surface area contributed by atoms with Crippen LogP contribution in [0, 0.1) is 0 Å². The van der Waals surface area contributed by atoms with Gasteiger partial charge in [0.2, 0.25) is 0 Å². The number of benzene rings is 9. The zero-order chi connectivity index (χ0) is 36.7. The summed E-state index contributed by atoms with van der Waals surface area (Å²) < 4.78 is 19.7. The first-order valence-electron chi connectivity index (χ1n) is 18.9. The number of rotatable bonds is 5. The Morgan fingerprint density at radius 1 is 0.304 bits per heavy atom. The molecule has 0 spiro atoms. The highest BCUT2D eigenvalue weighted by Crippen LogP contribution is 2.48. The Balaban J connectivity index is 1.07. The number of hydrogen-bond donors (Lipinski definition) is 0. The number of hydrogen-bond acceptors (Lipinski definition) is 4. The lowest BCUT2D eigenvalue weighted by Crippen LogP contribution is -2.11. The van der Waals surface area contributed by atoms with E-state index < -0.39 is 0 Å². The predicted molar refractivity (Wildman–Crippen MR) is 231 cm³/mol. The Labute approximate surface area is 321 Å². The van der Waals surface area contributed by atoms with Crippen molar-refractivity contribution >= 4 is 93.7 Å². The van der Waals surface area contributed by atoms with E-state index >= 15 is 0 Å². The predicted octanol–water partition coefficient (Wildman–Crippen LogP) is 15.3. The molecule has 0 amide bonds. The molecule has 4 heteroatoms. The first kappa shape index (κ1) is 30.9. The Morgan fingerprint density at radius 3 is 1.75 bits per heavy atom. The lowest BCUT2D eigenvalue weighted by atomic mass is 9.98. The fourth-order valence-corrected chi connectivity index (χ4v) is 8.66. The van der Waals surface area contributed by atoms with Crippen LogP contribution < -0.4 is 4.90 Å². The van der Waals surface area contributed by atoms with E-state index in [4.69, 9.17) is 13.3 Å². The molecule has 0 radical (unpaired) electrons. The van der Waals surface area contributed by atoms with E-state index in [1.807, 2.05) is 24.3 Å². The van der Waals surface area contributed by atoms with Crippen LogP contribution in [0.15, 0.2) is 201 Å². The average molecular weight is 718 g/mol. The van der Waals surface area contributed by atoms with Crippen molar-refractivity contribution in [1.82, 2.24) is 0 Å². The van der Waals surface area contributed by atoms with Gasteiger partial charge in [0.05, 0.1) is 11.4 Å². The van der Waals surface area contributed by atoms with Crippen LogP contribution in [0.3, 0.4) is 0 Å².